The molecule has 0 aliphatic heterocycles. The van der Waals surface area contributed by atoms with E-state index in [9.17, 15) is 14.4 Å². The second-order valence-corrected chi connectivity index (χ2v) is 4.07. The van der Waals surface area contributed by atoms with Crippen LogP contribution in [0, 0.1) is 0 Å². The molecule has 9 heteroatoms. The number of pyridine rings is 1. The van der Waals surface area contributed by atoms with Gasteiger partial charge >= 0.3 is 18.0 Å². The highest BCUT2D eigenvalue weighted by molar-refractivity contribution is 5.81. The van der Waals surface area contributed by atoms with Crippen LogP contribution in [0.15, 0.2) is 12.3 Å². The molecule has 120 valence electrons. The minimum Gasteiger partial charge on any atom is -0.493 e. The van der Waals surface area contributed by atoms with Gasteiger partial charge in [0, 0.05) is 18.7 Å². The predicted molar refractivity (Wildman–Crippen MR) is 73.0 cm³/mol. The topological polar surface area (TPSA) is 124 Å². The Labute approximate surface area is 126 Å². The number of methoxy groups -OCH3 is 1. The summed E-state index contributed by atoms with van der Waals surface area (Å²) in [6.07, 6.45) is 0.329. The quantitative estimate of drug-likeness (QED) is 0.744. The molecule has 0 fully saturated rings. The third-order valence-corrected chi connectivity index (χ3v) is 2.45. The lowest BCUT2D eigenvalue weighted by Gasteiger charge is -2.13. The molecular formula is C13H16N2O7. The average Bonchev–Trinajstić information content (AvgIpc) is 2.48. The molecule has 0 saturated carbocycles. The van der Waals surface area contributed by atoms with Gasteiger partial charge in [-0.15, -0.1) is 0 Å². The van der Waals surface area contributed by atoms with Gasteiger partial charge in [-0.1, -0.05) is 6.92 Å². The number of nitrogens with zero attached hydrogens (tertiary/aromatic N) is 1. The van der Waals surface area contributed by atoms with Gasteiger partial charge in [0.25, 0.3) is 5.88 Å². The van der Waals surface area contributed by atoms with Crippen molar-refractivity contribution < 1.29 is 33.7 Å². The second-order valence-electron chi connectivity index (χ2n) is 4.07. The Bertz CT molecular complexity index is 574. The fourth-order valence-electron chi connectivity index (χ4n) is 1.28. The fourth-order valence-corrected chi connectivity index (χ4v) is 1.28. The van der Waals surface area contributed by atoms with Crippen LogP contribution < -0.4 is 19.5 Å². The summed E-state index contributed by atoms with van der Waals surface area (Å²) in [6.45, 7) is 2.85. The molecule has 1 heterocycles. The van der Waals surface area contributed by atoms with Gasteiger partial charge in [-0.2, -0.15) is 0 Å². The van der Waals surface area contributed by atoms with Gasteiger partial charge in [0.2, 0.25) is 5.75 Å². The third-order valence-electron chi connectivity index (χ3n) is 2.45. The first kappa shape index (κ1) is 17.2. The number of aliphatic carboxylic acids is 1. The number of nitrogens with one attached hydrogen (secondary N) is 1. The van der Waals surface area contributed by atoms with Crippen LogP contribution >= 0.6 is 0 Å². The lowest BCUT2D eigenvalue weighted by atomic mass is 10.3. The largest absolute Gasteiger partial charge is 0.493 e. The van der Waals surface area contributed by atoms with E-state index < -0.39 is 24.1 Å². The molecule has 0 aromatic carbocycles. The summed E-state index contributed by atoms with van der Waals surface area (Å²) in [5.41, 5.74) is 0. The zero-order valence-electron chi connectivity index (χ0n) is 12.3. The van der Waals surface area contributed by atoms with Crippen molar-refractivity contribution in [1.82, 2.24) is 10.3 Å². The molecule has 1 amide bonds. The Balaban J connectivity index is 2.96. The predicted octanol–water partition coefficient (Wildman–Crippen LogP) is 0.967. The summed E-state index contributed by atoms with van der Waals surface area (Å²) in [5, 5.41) is 10.8. The van der Waals surface area contributed by atoms with Crippen molar-refractivity contribution in [1.29, 1.82) is 0 Å². The Morgan fingerprint density at radius 3 is 2.59 bits per heavy atom. The van der Waals surface area contributed by atoms with E-state index in [-0.39, 0.29) is 23.8 Å². The van der Waals surface area contributed by atoms with Crippen molar-refractivity contribution in [3.63, 3.8) is 0 Å². The molecular weight excluding hydrogens is 296 g/mol. The van der Waals surface area contributed by atoms with Crippen LogP contribution in [0.25, 0.3) is 0 Å². The van der Waals surface area contributed by atoms with E-state index in [4.69, 9.17) is 19.3 Å². The van der Waals surface area contributed by atoms with Crippen molar-refractivity contribution in [2.24, 2.45) is 0 Å². The fraction of sp³-hybridized carbons (Fsp3) is 0.385. The van der Waals surface area contributed by atoms with Gasteiger partial charge in [0.05, 0.1) is 7.11 Å². The monoisotopic (exact) mass is 312 g/mol. The summed E-state index contributed by atoms with van der Waals surface area (Å²) < 4.78 is 14.9. The minimum atomic E-state index is -1.23. The molecule has 0 unspecified atom stereocenters. The molecule has 0 aliphatic carbocycles. The maximum atomic E-state index is 11.6. The van der Waals surface area contributed by atoms with Crippen LogP contribution in [0.4, 0.5) is 4.79 Å². The van der Waals surface area contributed by atoms with E-state index in [1.54, 1.807) is 6.92 Å². The summed E-state index contributed by atoms with van der Waals surface area (Å²) in [6, 6.07) is 0.267. The number of esters is 1. The van der Waals surface area contributed by atoms with Gasteiger partial charge in [-0.25, -0.2) is 9.78 Å². The van der Waals surface area contributed by atoms with Gasteiger partial charge in [0.15, 0.2) is 5.75 Å². The number of amides is 1. The molecule has 1 aromatic rings. The van der Waals surface area contributed by atoms with E-state index in [0.29, 0.717) is 0 Å². The van der Waals surface area contributed by atoms with Crippen LogP contribution in [0.1, 0.15) is 20.3 Å². The van der Waals surface area contributed by atoms with Crippen LogP contribution in [0.5, 0.6) is 17.4 Å². The van der Waals surface area contributed by atoms with Gasteiger partial charge < -0.3 is 24.6 Å². The number of hydrogen-bond acceptors (Lipinski definition) is 7. The lowest BCUT2D eigenvalue weighted by Crippen LogP contribution is -2.40. The van der Waals surface area contributed by atoms with Crippen LogP contribution in [0.2, 0.25) is 0 Å². The zero-order chi connectivity index (χ0) is 16.7. The normalized spacial score (nSPS) is 11.2. The summed E-state index contributed by atoms with van der Waals surface area (Å²) in [7, 11) is 1.34. The van der Waals surface area contributed by atoms with Crippen molar-refractivity contribution in [3.8, 4) is 17.4 Å². The van der Waals surface area contributed by atoms with Crippen molar-refractivity contribution in [2.75, 3.05) is 7.11 Å². The van der Waals surface area contributed by atoms with Gasteiger partial charge in [-0.3, -0.25) is 9.59 Å². The number of carboxylic acids is 1. The average molecular weight is 312 g/mol. The van der Waals surface area contributed by atoms with Crippen molar-refractivity contribution in [2.45, 2.75) is 26.3 Å². The van der Waals surface area contributed by atoms with Gasteiger partial charge in [0.1, 0.15) is 6.04 Å². The minimum absolute atomic E-state index is 0.0970. The number of carbonyl (C=O) groups excluding carboxylic acids is 2. The number of aromatic nitrogens is 1. The molecule has 0 saturated heterocycles. The molecule has 2 N–H and O–H groups in total. The Morgan fingerprint density at radius 2 is 2.05 bits per heavy atom. The highest BCUT2D eigenvalue weighted by Gasteiger charge is 2.21. The standard InChI is InChI=1S/C13H16N2O7/c1-4-9(16)21-10-8(20-3)5-6-14-11(10)22-13(19)15-7(2)12(17)18/h5-7H,4H2,1-3H3,(H,15,19)(H,17,18)/t7-/m0/s1. The number of ether oxygens (including phenoxy) is 3. The highest BCUT2D eigenvalue weighted by Crippen LogP contribution is 2.35. The molecule has 0 bridgehead atoms. The van der Waals surface area contributed by atoms with Crippen LogP contribution in [0.3, 0.4) is 0 Å². The van der Waals surface area contributed by atoms with Gasteiger partial charge in [-0.05, 0) is 6.92 Å². The second kappa shape index (κ2) is 7.81. The van der Waals surface area contributed by atoms with Crippen molar-refractivity contribution in [3.05, 3.63) is 12.3 Å². The first-order chi connectivity index (χ1) is 10.4. The molecule has 1 rings (SSSR count). The van der Waals surface area contributed by atoms with Crippen LogP contribution in [-0.2, 0) is 9.59 Å². The summed E-state index contributed by atoms with van der Waals surface area (Å²) >= 11 is 0. The van der Waals surface area contributed by atoms with E-state index >= 15 is 0 Å². The summed E-state index contributed by atoms with van der Waals surface area (Å²) in [5.74, 6) is -2.12. The van der Waals surface area contributed by atoms with E-state index in [2.05, 4.69) is 10.3 Å². The van der Waals surface area contributed by atoms with Crippen molar-refractivity contribution >= 4 is 18.0 Å². The zero-order valence-corrected chi connectivity index (χ0v) is 12.3. The van der Waals surface area contributed by atoms with E-state index in [1.807, 2.05) is 0 Å². The van der Waals surface area contributed by atoms with E-state index in [1.165, 1.54) is 26.3 Å². The molecule has 9 nitrogen and oxygen atoms in total. The molecule has 0 aliphatic rings. The first-order valence-corrected chi connectivity index (χ1v) is 6.33. The molecule has 0 spiro atoms. The number of hydrogen-bond donors (Lipinski definition) is 2. The number of carboxylic acid groups (broad SMARTS) is 1. The summed E-state index contributed by atoms with van der Waals surface area (Å²) in [4.78, 5) is 37.5. The Morgan fingerprint density at radius 1 is 1.36 bits per heavy atom. The van der Waals surface area contributed by atoms with E-state index in [0.717, 1.165) is 0 Å². The highest BCUT2D eigenvalue weighted by atomic mass is 16.6. The maximum absolute atomic E-state index is 11.6. The molecule has 1 atom stereocenters. The first-order valence-electron chi connectivity index (χ1n) is 6.33. The molecule has 22 heavy (non-hydrogen) atoms. The van der Waals surface area contributed by atoms with Crippen LogP contribution in [-0.4, -0.2) is 41.3 Å². The SMILES string of the molecule is CCC(=O)Oc1c(OC)ccnc1OC(=O)N[C@@H](C)C(=O)O. The number of rotatable bonds is 6. The maximum Gasteiger partial charge on any atom is 0.414 e. The molecule has 0 radical (unpaired) electrons. The smallest absolute Gasteiger partial charge is 0.414 e. The molecule has 1 aromatic heterocycles. The Hall–Kier alpha value is -2.84. The third kappa shape index (κ3) is 4.62. The Kier molecular flexibility index (Phi) is 6.11. The number of carbonyl (C=O) groups is 3. The lowest BCUT2D eigenvalue weighted by molar-refractivity contribution is -0.138.